The van der Waals surface area contributed by atoms with Crippen LogP contribution in [0.3, 0.4) is 0 Å². The number of carbonyl (C=O) groups is 2. The van der Waals surface area contributed by atoms with E-state index < -0.39 is 11.5 Å². The summed E-state index contributed by atoms with van der Waals surface area (Å²) in [5.74, 6) is 0.233. The Morgan fingerprint density at radius 1 is 1.35 bits per heavy atom. The molecule has 0 amide bonds. The van der Waals surface area contributed by atoms with Gasteiger partial charge in [0.25, 0.3) is 0 Å². The number of hydrogen-bond acceptors (Lipinski definition) is 5. The average molecular weight is 360 g/mol. The number of aryl methyl sites for hydroxylation is 1. The molecule has 4 atom stereocenters. The van der Waals surface area contributed by atoms with E-state index in [1.165, 1.54) is 7.11 Å². The van der Waals surface area contributed by atoms with Crippen LogP contribution in [-0.4, -0.2) is 19.0 Å². The van der Waals surface area contributed by atoms with Gasteiger partial charge in [0.15, 0.2) is 0 Å². The molecule has 1 aromatic rings. The average Bonchev–Trinajstić information content (AvgIpc) is 3.00. The third-order valence-electron chi connectivity index (χ3n) is 6.50. The molecule has 1 aromatic heterocycles. The number of esters is 2. The lowest BCUT2D eigenvalue weighted by atomic mass is 9.53. The van der Waals surface area contributed by atoms with Gasteiger partial charge in [-0.2, -0.15) is 0 Å². The molecule has 142 valence electrons. The van der Waals surface area contributed by atoms with E-state index in [1.54, 1.807) is 19.3 Å². The Bertz CT molecular complexity index is 744. The first-order valence-corrected chi connectivity index (χ1v) is 9.33. The molecular formula is C21H28O5. The second-order valence-corrected chi connectivity index (χ2v) is 7.79. The van der Waals surface area contributed by atoms with Crippen LogP contribution in [0.2, 0.25) is 0 Å². The zero-order valence-electron chi connectivity index (χ0n) is 16.3. The number of methoxy groups -OCH3 is 1. The highest BCUT2D eigenvalue weighted by atomic mass is 16.5. The molecule has 0 aromatic carbocycles. The molecule has 0 aliphatic heterocycles. The predicted molar refractivity (Wildman–Crippen MR) is 96.4 cm³/mol. The van der Waals surface area contributed by atoms with Gasteiger partial charge >= 0.3 is 11.9 Å². The Labute approximate surface area is 154 Å². The maximum absolute atomic E-state index is 12.6. The van der Waals surface area contributed by atoms with Gasteiger partial charge in [-0.3, -0.25) is 4.79 Å². The zero-order valence-corrected chi connectivity index (χ0v) is 16.3. The molecule has 0 N–H and O–H groups in total. The molecule has 5 nitrogen and oxygen atoms in total. The maximum Gasteiger partial charge on any atom is 0.334 e. The van der Waals surface area contributed by atoms with Gasteiger partial charge in [0.2, 0.25) is 0 Å². The van der Waals surface area contributed by atoms with E-state index in [9.17, 15) is 9.59 Å². The number of carbonyl (C=O) groups excluding carboxylic acids is 2. The van der Waals surface area contributed by atoms with E-state index in [4.69, 9.17) is 13.9 Å². The smallest absolute Gasteiger partial charge is 0.334 e. The van der Waals surface area contributed by atoms with Gasteiger partial charge in [-0.25, -0.2) is 4.79 Å². The minimum absolute atomic E-state index is 0.210. The Balaban J connectivity index is 2.11. The molecule has 0 saturated heterocycles. The number of rotatable bonds is 3. The molecule has 26 heavy (non-hydrogen) atoms. The van der Waals surface area contributed by atoms with E-state index in [0.717, 1.165) is 42.6 Å². The van der Waals surface area contributed by atoms with Crippen molar-refractivity contribution in [1.29, 1.82) is 0 Å². The summed E-state index contributed by atoms with van der Waals surface area (Å²) in [7, 11) is 1.43. The molecule has 3 rings (SSSR count). The standard InChI is InChI=1S/C21H28O5/c1-6-12(2)19(22)26-18-17-13(3)11-25-16(17)10-14-8-7-9-15(20(23)24-5)21(14,18)4/h6,11,14-15,18H,7-10H2,1-5H3/t14-,15-,18-,21+/m1/s1. The van der Waals surface area contributed by atoms with Gasteiger partial charge in [0, 0.05) is 23.0 Å². The summed E-state index contributed by atoms with van der Waals surface area (Å²) in [6.07, 6.45) is 6.42. The molecule has 2 aliphatic carbocycles. The molecular weight excluding hydrogens is 332 g/mol. The Hall–Kier alpha value is -2.04. The van der Waals surface area contributed by atoms with Crippen LogP contribution in [0.25, 0.3) is 0 Å². The highest BCUT2D eigenvalue weighted by molar-refractivity contribution is 5.88. The minimum Gasteiger partial charge on any atom is -0.469 e. The molecule has 1 fully saturated rings. The van der Waals surface area contributed by atoms with Crippen LogP contribution in [0, 0.1) is 24.2 Å². The van der Waals surface area contributed by atoms with Crippen molar-refractivity contribution in [3.05, 3.63) is 34.8 Å². The highest BCUT2D eigenvalue weighted by Crippen LogP contribution is 2.59. The van der Waals surface area contributed by atoms with Crippen molar-refractivity contribution in [3.63, 3.8) is 0 Å². The number of hydrogen-bond donors (Lipinski definition) is 0. The largest absolute Gasteiger partial charge is 0.469 e. The van der Waals surface area contributed by atoms with Crippen LogP contribution in [0.1, 0.15) is 63.0 Å². The van der Waals surface area contributed by atoms with Gasteiger partial charge in [-0.05, 0) is 45.1 Å². The molecule has 0 bridgehead atoms. The number of fused-ring (bicyclic) bond motifs is 2. The Kier molecular flexibility index (Phi) is 5.00. The third kappa shape index (κ3) is 2.78. The predicted octanol–water partition coefficient (Wildman–Crippen LogP) is 4.29. The van der Waals surface area contributed by atoms with E-state index in [2.05, 4.69) is 6.92 Å². The molecule has 5 heteroatoms. The summed E-state index contributed by atoms with van der Waals surface area (Å²) >= 11 is 0. The van der Waals surface area contributed by atoms with Crippen LogP contribution < -0.4 is 0 Å². The van der Waals surface area contributed by atoms with Crippen molar-refractivity contribution >= 4 is 11.9 Å². The topological polar surface area (TPSA) is 65.7 Å². The van der Waals surface area contributed by atoms with Gasteiger partial charge in [-0.15, -0.1) is 0 Å². The summed E-state index contributed by atoms with van der Waals surface area (Å²) in [6.45, 7) is 7.60. The molecule has 0 spiro atoms. The molecule has 0 unspecified atom stereocenters. The van der Waals surface area contributed by atoms with Crippen LogP contribution >= 0.6 is 0 Å². The van der Waals surface area contributed by atoms with Crippen LogP contribution in [0.5, 0.6) is 0 Å². The monoisotopic (exact) mass is 360 g/mol. The zero-order chi connectivity index (χ0) is 19.1. The second-order valence-electron chi connectivity index (χ2n) is 7.79. The second kappa shape index (κ2) is 6.93. The van der Waals surface area contributed by atoms with Crippen LogP contribution in [0.15, 0.2) is 22.3 Å². The molecule has 1 heterocycles. The fourth-order valence-corrected chi connectivity index (χ4v) is 4.76. The summed E-state index contributed by atoms with van der Waals surface area (Å²) in [4.78, 5) is 25.2. The van der Waals surface area contributed by atoms with E-state index >= 15 is 0 Å². The normalized spacial score (nSPS) is 31.0. The molecule has 2 aliphatic rings. The van der Waals surface area contributed by atoms with Crippen molar-refractivity contribution < 1.29 is 23.5 Å². The first-order valence-electron chi connectivity index (χ1n) is 9.33. The van der Waals surface area contributed by atoms with Gasteiger partial charge in [0.05, 0.1) is 19.3 Å². The van der Waals surface area contributed by atoms with Crippen molar-refractivity contribution in [1.82, 2.24) is 0 Å². The van der Waals surface area contributed by atoms with E-state index in [0.29, 0.717) is 5.57 Å². The van der Waals surface area contributed by atoms with Crippen molar-refractivity contribution in [2.75, 3.05) is 7.11 Å². The van der Waals surface area contributed by atoms with Gasteiger partial charge < -0.3 is 13.9 Å². The van der Waals surface area contributed by atoms with Crippen LogP contribution in [-0.2, 0) is 25.5 Å². The van der Waals surface area contributed by atoms with Gasteiger partial charge in [0.1, 0.15) is 11.9 Å². The van der Waals surface area contributed by atoms with E-state index in [-0.39, 0.29) is 23.8 Å². The van der Waals surface area contributed by atoms with Gasteiger partial charge in [-0.1, -0.05) is 19.4 Å². The van der Waals surface area contributed by atoms with Crippen molar-refractivity contribution in [3.8, 4) is 0 Å². The first kappa shape index (κ1) is 18.7. The SMILES string of the molecule is CC=C(C)C(=O)O[C@@H]1c2c(C)coc2C[C@H]2CCC[C@H](C(=O)OC)[C@]21C. The Morgan fingerprint density at radius 2 is 2.08 bits per heavy atom. The maximum atomic E-state index is 12.6. The lowest BCUT2D eigenvalue weighted by molar-refractivity contribution is -0.179. The first-order chi connectivity index (χ1) is 12.3. The van der Waals surface area contributed by atoms with Crippen molar-refractivity contribution in [2.45, 2.75) is 59.5 Å². The lowest BCUT2D eigenvalue weighted by Crippen LogP contribution is -2.51. The molecule has 0 radical (unpaired) electrons. The fraction of sp³-hybridized carbons (Fsp3) is 0.619. The van der Waals surface area contributed by atoms with Crippen molar-refractivity contribution in [2.24, 2.45) is 17.3 Å². The summed E-state index contributed by atoms with van der Waals surface area (Å²) in [5.41, 5.74) is 1.95. The number of allylic oxidation sites excluding steroid dienone is 1. The quantitative estimate of drug-likeness (QED) is 0.594. The van der Waals surface area contributed by atoms with Crippen LogP contribution in [0.4, 0.5) is 0 Å². The summed E-state index contributed by atoms with van der Waals surface area (Å²) < 4.78 is 16.9. The number of ether oxygens (including phenoxy) is 2. The lowest BCUT2D eigenvalue weighted by Gasteiger charge is -2.52. The molecule has 1 saturated carbocycles. The minimum atomic E-state index is -0.512. The Morgan fingerprint density at radius 3 is 2.73 bits per heavy atom. The van der Waals surface area contributed by atoms with E-state index in [1.807, 2.05) is 13.8 Å². The highest BCUT2D eigenvalue weighted by Gasteiger charge is 2.58. The summed E-state index contributed by atoms with van der Waals surface area (Å²) in [6, 6.07) is 0. The number of furan rings is 1. The summed E-state index contributed by atoms with van der Waals surface area (Å²) in [5, 5.41) is 0. The fourth-order valence-electron chi connectivity index (χ4n) is 4.76. The third-order valence-corrected chi connectivity index (χ3v) is 6.50.